The topological polar surface area (TPSA) is 82.0 Å². The lowest BCUT2D eigenvalue weighted by Crippen LogP contribution is -2.29. The average molecular weight is 357 g/mol. The van der Waals surface area contributed by atoms with E-state index in [4.69, 9.17) is 14.3 Å². The Balaban J connectivity index is 2.21. The summed E-state index contributed by atoms with van der Waals surface area (Å²) in [5.74, 6) is 0.589. The number of aromatic nitrogens is 1. The number of nitrogens with one attached hydrogen (secondary N) is 1. The molecule has 0 aliphatic carbocycles. The van der Waals surface area contributed by atoms with Crippen molar-refractivity contribution >= 4 is 11.6 Å². The smallest absolute Gasteiger partial charge is 0.273 e. The van der Waals surface area contributed by atoms with E-state index in [9.17, 15) is 4.79 Å². The molecule has 0 aliphatic rings. The van der Waals surface area contributed by atoms with E-state index in [1.807, 2.05) is 38.1 Å². The van der Waals surface area contributed by atoms with Crippen LogP contribution in [-0.4, -0.2) is 36.9 Å². The molecule has 0 bridgehead atoms. The first-order valence-electron chi connectivity index (χ1n) is 8.23. The number of pyridine rings is 1. The van der Waals surface area contributed by atoms with E-state index in [0.717, 1.165) is 5.56 Å². The lowest BCUT2D eigenvalue weighted by molar-refractivity contribution is -0.114. The third-order valence-corrected chi connectivity index (χ3v) is 3.33. The van der Waals surface area contributed by atoms with Crippen LogP contribution in [0.1, 0.15) is 25.0 Å². The molecule has 0 atom stereocenters. The quantitative estimate of drug-likeness (QED) is 0.580. The second-order valence-electron chi connectivity index (χ2n) is 5.63. The zero-order chi connectivity index (χ0) is 18.9. The van der Waals surface area contributed by atoms with Gasteiger partial charge in [0.1, 0.15) is 13.7 Å². The molecular weight excluding hydrogens is 334 g/mol. The van der Waals surface area contributed by atoms with E-state index >= 15 is 0 Å². The molecule has 0 fully saturated rings. The van der Waals surface area contributed by atoms with Gasteiger partial charge in [0.2, 0.25) is 11.8 Å². The molecule has 0 saturated carbocycles. The number of hydrogen-bond donors (Lipinski definition) is 1. The maximum atomic E-state index is 12.1. The van der Waals surface area contributed by atoms with E-state index in [0.29, 0.717) is 17.3 Å². The molecule has 2 aromatic rings. The Kier molecular flexibility index (Phi) is 6.96. The first-order valence-corrected chi connectivity index (χ1v) is 8.23. The summed E-state index contributed by atoms with van der Waals surface area (Å²) in [5, 5.41) is 6.40. The molecule has 1 aromatic carbocycles. The molecule has 7 heteroatoms. The van der Waals surface area contributed by atoms with Crippen molar-refractivity contribution in [1.29, 1.82) is 0 Å². The third kappa shape index (κ3) is 5.20. The molecule has 26 heavy (non-hydrogen) atoms. The molecule has 2 rings (SSSR count). The normalized spacial score (nSPS) is 11.2. The van der Waals surface area contributed by atoms with E-state index in [1.54, 1.807) is 18.2 Å². The van der Waals surface area contributed by atoms with Crippen molar-refractivity contribution in [3.05, 3.63) is 53.6 Å². The number of carbonyl (C=O) groups is 1. The van der Waals surface area contributed by atoms with E-state index in [-0.39, 0.29) is 24.3 Å². The van der Waals surface area contributed by atoms with Gasteiger partial charge in [0.25, 0.3) is 5.91 Å². The zero-order valence-electron chi connectivity index (χ0n) is 15.4. The van der Waals surface area contributed by atoms with Crippen LogP contribution in [0.25, 0.3) is 0 Å². The summed E-state index contributed by atoms with van der Waals surface area (Å²) in [6, 6.07) is 12.7. The van der Waals surface area contributed by atoms with Gasteiger partial charge in [-0.1, -0.05) is 35.5 Å². The SMILES string of the molecule is CNC(=O)/C(=N/OC)c1ccccc1COc1cccc(OC(C)C)n1. The van der Waals surface area contributed by atoms with Crippen LogP contribution in [-0.2, 0) is 16.2 Å². The molecular formula is C19H23N3O4. The molecule has 0 saturated heterocycles. The number of ether oxygens (including phenoxy) is 2. The van der Waals surface area contributed by atoms with Gasteiger partial charge in [-0.15, -0.1) is 0 Å². The van der Waals surface area contributed by atoms with Crippen molar-refractivity contribution in [2.45, 2.75) is 26.6 Å². The monoisotopic (exact) mass is 357 g/mol. The largest absolute Gasteiger partial charge is 0.475 e. The van der Waals surface area contributed by atoms with Crippen molar-refractivity contribution in [1.82, 2.24) is 10.3 Å². The van der Waals surface area contributed by atoms with Crippen LogP contribution in [0.4, 0.5) is 0 Å². The van der Waals surface area contributed by atoms with Crippen LogP contribution >= 0.6 is 0 Å². The van der Waals surface area contributed by atoms with Crippen molar-refractivity contribution in [2.24, 2.45) is 5.16 Å². The second-order valence-corrected chi connectivity index (χ2v) is 5.63. The fourth-order valence-corrected chi connectivity index (χ4v) is 2.23. The number of amides is 1. The lowest BCUT2D eigenvalue weighted by atomic mass is 10.0. The minimum Gasteiger partial charge on any atom is -0.475 e. The van der Waals surface area contributed by atoms with Crippen molar-refractivity contribution < 1.29 is 19.1 Å². The van der Waals surface area contributed by atoms with Crippen molar-refractivity contribution in [2.75, 3.05) is 14.2 Å². The summed E-state index contributed by atoms with van der Waals surface area (Å²) in [5.41, 5.74) is 1.59. The minimum atomic E-state index is -0.343. The molecule has 0 aliphatic heterocycles. The summed E-state index contributed by atoms with van der Waals surface area (Å²) in [7, 11) is 2.93. The summed E-state index contributed by atoms with van der Waals surface area (Å²) in [6.07, 6.45) is 0.0267. The maximum Gasteiger partial charge on any atom is 0.273 e. The van der Waals surface area contributed by atoms with Crippen LogP contribution in [0.5, 0.6) is 11.8 Å². The number of benzene rings is 1. The predicted molar refractivity (Wildman–Crippen MR) is 98.4 cm³/mol. The van der Waals surface area contributed by atoms with Gasteiger partial charge in [0, 0.05) is 24.7 Å². The Labute approximate surface area is 153 Å². The summed E-state index contributed by atoms with van der Waals surface area (Å²) < 4.78 is 11.3. The first-order chi connectivity index (χ1) is 12.5. The Bertz CT molecular complexity index is 775. The summed E-state index contributed by atoms with van der Waals surface area (Å²) in [6.45, 7) is 4.08. The Morgan fingerprint density at radius 2 is 1.88 bits per heavy atom. The highest BCUT2D eigenvalue weighted by atomic mass is 16.6. The van der Waals surface area contributed by atoms with Crippen LogP contribution < -0.4 is 14.8 Å². The van der Waals surface area contributed by atoms with Gasteiger partial charge in [0.05, 0.1) is 6.10 Å². The van der Waals surface area contributed by atoms with Crippen LogP contribution in [0.15, 0.2) is 47.6 Å². The Hall–Kier alpha value is -3.09. The number of carbonyl (C=O) groups excluding carboxylic acids is 1. The molecule has 0 spiro atoms. The third-order valence-electron chi connectivity index (χ3n) is 3.33. The van der Waals surface area contributed by atoms with Gasteiger partial charge in [-0.2, -0.15) is 4.98 Å². The van der Waals surface area contributed by atoms with Gasteiger partial charge >= 0.3 is 0 Å². The van der Waals surface area contributed by atoms with Crippen LogP contribution in [0.3, 0.4) is 0 Å². The molecule has 138 valence electrons. The summed E-state index contributed by atoms with van der Waals surface area (Å²) >= 11 is 0. The number of rotatable bonds is 8. The van der Waals surface area contributed by atoms with Gasteiger partial charge in [0.15, 0.2) is 5.71 Å². The van der Waals surface area contributed by atoms with Gasteiger partial charge in [-0.05, 0) is 19.4 Å². The molecule has 1 N–H and O–H groups in total. The van der Waals surface area contributed by atoms with E-state index in [2.05, 4.69) is 15.5 Å². The maximum absolute atomic E-state index is 12.1. The lowest BCUT2D eigenvalue weighted by Gasteiger charge is -2.13. The number of likely N-dealkylation sites (N-methyl/N-ethyl adjacent to an activating group) is 1. The molecule has 0 radical (unpaired) electrons. The highest BCUT2D eigenvalue weighted by molar-refractivity contribution is 6.45. The predicted octanol–water partition coefficient (Wildman–Crippen LogP) is 2.54. The molecule has 1 amide bonds. The zero-order valence-corrected chi connectivity index (χ0v) is 15.4. The van der Waals surface area contributed by atoms with Crippen molar-refractivity contribution in [3.63, 3.8) is 0 Å². The number of oxime groups is 1. The van der Waals surface area contributed by atoms with Crippen LogP contribution in [0, 0.1) is 0 Å². The van der Waals surface area contributed by atoms with Gasteiger partial charge in [-0.3, -0.25) is 4.79 Å². The molecule has 1 aromatic heterocycles. The van der Waals surface area contributed by atoms with Crippen LogP contribution in [0.2, 0.25) is 0 Å². The highest BCUT2D eigenvalue weighted by Gasteiger charge is 2.17. The fraction of sp³-hybridized carbons (Fsp3) is 0.316. The molecule has 1 heterocycles. The van der Waals surface area contributed by atoms with E-state index < -0.39 is 0 Å². The standard InChI is InChI=1S/C19H23N3O4/c1-13(2)26-17-11-7-10-16(21-17)25-12-14-8-5-6-9-15(14)18(22-24-4)19(23)20-3/h5-11,13H,12H2,1-4H3,(H,20,23)/b22-18+. The second kappa shape index (κ2) is 9.41. The first kappa shape index (κ1) is 19.2. The summed E-state index contributed by atoms with van der Waals surface area (Å²) in [4.78, 5) is 21.2. The Morgan fingerprint density at radius 1 is 1.15 bits per heavy atom. The Morgan fingerprint density at radius 3 is 2.58 bits per heavy atom. The molecule has 0 unspecified atom stereocenters. The van der Waals surface area contributed by atoms with Gasteiger partial charge in [-0.25, -0.2) is 0 Å². The fourth-order valence-electron chi connectivity index (χ4n) is 2.23. The van der Waals surface area contributed by atoms with Crippen molar-refractivity contribution in [3.8, 4) is 11.8 Å². The number of nitrogens with zero attached hydrogens (tertiary/aromatic N) is 2. The van der Waals surface area contributed by atoms with Gasteiger partial charge < -0.3 is 19.6 Å². The molecule has 7 nitrogen and oxygen atoms in total. The van der Waals surface area contributed by atoms with E-state index in [1.165, 1.54) is 14.2 Å². The average Bonchev–Trinajstić information content (AvgIpc) is 2.64. The highest BCUT2D eigenvalue weighted by Crippen LogP contribution is 2.18. The minimum absolute atomic E-state index is 0.0267. The number of hydrogen-bond acceptors (Lipinski definition) is 6.